The molecule has 0 aliphatic carbocycles. The van der Waals surface area contributed by atoms with E-state index in [0.717, 1.165) is 44.8 Å². The second-order valence-electron chi connectivity index (χ2n) is 10.4. The molecule has 41 heavy (non-hydrogen) atoms. The first-order valence-corrected chi connectivity index (χ1v) is 13.9. The van der Waals surface area contributed by atoms with Crippen LogP contribution in [0.4, 0.5) is 5.69 Å². The van der Waals surface area contributed by atoms with Crippen LogP contribution in [0, 0.1) is 6.92 Å². The normalized spacial score (nSPS) is 15.6. The predicted octanol–water partition coefficient (Wildman–Crippen LogP) is 6.23. The van der Waals surface area contributed by atoms with Crippen LogP contribution in [0.3, 0.4) is 0 Å². The van der Waals surface area contributed by atoms with Gasteiger partial charge in [0.05, 0.1) is 29.3 Å². The average Bonchev–Trinajstić information content (AvgIpc) is 3.59. The van der Waals surface area contributed by atoms with Crippen LogP contribution in [-0.4, -0.2) is 42.7 Å². The smallest absolute Gasteiger partial charge is 0.285 e. The molecule has 2 N–H and O–H groups in total. The van der Waals surface area contributed by atoms with Crippen molar-refractivity contribution in [3.8, 4) is 11.5 Å². The number of pyridine rings is 1. The van der Waals surface area contributed by atoms with Crippen LogP contribution in [0.5, 0.6) is 11.5 Å². The maximum atomic E-state index is 6.12. The van der Waals surface area contributed by atoms with Gasteiger partial charge in [0.15, 0.2) is 5.65 Å². The number of aryl methyl sites for hydroxylation is 1. The third kappa shape index (κ3) is 6.37. The first-order valence-electron chi connectivity index (χ1n) is 13.9. The van der Waals surface area contributed by atoms with Crippen LogP contribution in [0.1, 0.15) is 57.5 Å². The predicted molar refractivity (Wildman–Crippen MR) is 161 cm³/mol. The summed E-state index contributed by atoms with van der Waals surface area (Å²) in [5.41, 5.74) is 5.50. The summed E-state index contributed by atoms with van der Waals surface area (Å²) >= 11 is 0. The maximum absolute atomic E-state index is 6.12. The molecule has 2 aromatic carbocycles. The van der Waals surface area contributed by atoms with Crippen molar-refractivity contribution in [1.82, 2.24) is 29.9 Å². The van der Waals surface area contributed by atoms with Crippen LogP contribution < -0.4 is 15.4 Å². The van der Waals surface area contributed by atoms with Gasteiger partial charge in [-0.05, 0) is 75.2 Å². The Bertz CT molecular complexity index is 1690. The topological polar surface area (TPSA) is 111 Å². The highest BCUT2D eigenvalue weighted by Gasteiger charge is 2.28. The van der Waals surface area contributed by atoms with E-state index in [4.69, 9.17) is 9.47 Å². The van der Waals surface area contributed by atoms with E-state index in [1.54, 1.807) is 10.8 Å². The summed E-state index contributed by atoms with van der Waals surface area (Å²) in [6.07, 6.45) is 4.96. The van der Waals surface area contributed by atoms with Gasteiger partial charge < -0.3 is 20.1 Å². The van der Waals surface area contributed by atoms with E-state index in [2.05, 4.69) is 68.6 Å². The number of aliphatic imine (C=N–C) groups is 1. The van der Waals surface area contributed by atoms with Crippen LogP contribution in [0.25, 0.3) is 16.6 Å². The van der Waals surface area contributed by atoms with Crippen molar-refractivity contribution < 1.29 is 9.47 Å². The quantitative estimate of drug-likeness (QED) is 0.245. The summed E-state index contributed by atoms with van der Waals surface area (Å²) in [4.78, 5) is 17.9. The standard InChI is InChI=1S/C29H30N8O2.C2H6/c1-18-11-21(6-8-25(18)39-22-9-10-37-26(13-22)32-17-34-37)35-19(2)27-23-12-20(5-7-24(23)31-16-33-27)14-30-28-36-29(3,4)15-38-28;1-2/h5-13,16-17,19,35H,14-15H2,1-4H3,(H,30,36);1-2H3. The molecule has 10 nitrogen and oxygen atoms in total. The lowest BCUT2D eigenvalue weighted by molar-refractivity contribution is 0.287. The Labute approximate surface area is 239 Å². The Kier molecular flexibility index (Phi) is 8.00. The molecular formula is C31H36N8O2. The van der Waals surface area contributed by atoms with E-state index in [9.17, 15) is 0 Å². The molecule has 0 bridgehead atoms. The zero-order chi connectivity index (χ0) is 29.0. The van der Waals surface area contributed by atoms with Crippen molar-refractivity contribution in [2.45, 2.75) is 59.7 Å². The zero-order valence-corrected chi connectivity index (χ0v) is 24.3. The van der Waals surface area contributed by atoms with Gasteiger partial charge in [0.25, 0.3) is 6.02 Å². The van der Waals surface area contributed by atoms with Gasteiger partial charge in [-0.2, -0.15) is 5.10 Å². The number of fused-ring (bicyclic) bond motifs is 2. The van der Waals surface area contributed by atoms with E-state index in [0.29, 0.717) is 24.9 Å². The third-order valence-electron chi connectivity index (χ3n) is 6.60. The molecule has 212 valence electrons. The molecule has 1 unspecified atom stereocenters. The number of nitrogens with one attached hydrogen (secondary N) is 2. The molecule has 6 rings (SSSR count). The minimum atomic E-state index is -0.0979. The number of hydrogen-bond acceptors (Lipinski definition) is 8. The first kappa shape index (κ1) is 27.8. The van der Waals surface area contributed by atoms with Crippen molar-refractivity contribution in [3.63, 3.8) is 0 Å². The Morgan fingerprint density at radius 1 is 1.07 bits per heavy atom. The number of rotatable bonds is 7. The van der Waals surface area contributed by atoms with Gasteiger partial charge in [-0.1, -0.05) is 19.9 Å². The number of benzene rings is 2. The van der Waals surface area contributed by atoms with Crippen LogP contribution in [0.15, 0.2) is 72.4 Å². The van der Waals surface area contributed by atoms with Crippen molar-refractivity contribution in [2.75, 3.05) is 11.9 Å². The number of amidine groups is 1. The van der Waals surface area contributed by atoms with E-state index in [1.807, 2.05) is 63.4 Å². The summed E-state index contributed by atoms with van der Waals surface area (Å²) in [5, 5.41) is 12.0. The summed E-state index contributed by atoms with van der Waals surface area (Å²) in [6.45, 7) is 13.4. The Morgan fingerprint density at radius 2 is 1.93 bits per heavy atom. The van der Waals surface area contributed by atoms with E-state index >= 15 is 0 Å². The molecule has 5 aromatic rings. The largest absolute Gasteiger partial charge is 0.463 e. The average molecular weight is 553 g/mol. The van der Waals surface area contributed by atoms with Crippen LogP contribution in [0.2, 0.25) is 0 Å². The minimum Gasteiger partial charge on any atom is -0.463 e. The number of aromatic nitrogens is 5. The zero-order valence-electron chi connectivity index (χ0n) is 24.3. The molecule has 1 atom stereocenters. The number of ether oxygens (including phenoxy) is 2. The Morgan fingerprint density at radius 3 is 2.71 bits per heavy atom. The van der Waals surface area contributed by atoms with Gasteiger partial charge >= 0.3 is 0 Å². The fourth-order valence-corrected chi connectivity index (χ4v) is 4.58. The van der Waals surface area contributed by atoms with Gasteiger partial charge in [0.2, 0.25) is 0 Å². The van der Waals surface area contributed by atoms with Crippen molar-refractivity contribution in [2.24, 2.45) is 4.99 Å². The number of nitrogens with zero attached hydrogens (tertiary/aromatic N) is 6. The second-order valence-corrected chi connectivity index (χ2v) is 10.4. The molecule has 3 aromatic heterocycles. The molecule has 4 heterocycles. The van der Waals surface area contributed by atoms with Gasteiger partial charge in [0, 0.05) is 23.3 Å². The van der Waals surface area contributed by atoms with Gasteiger partial charge in [-0.3, -0.25) is 0 Å². The highest BCUT2D eigenvalue weighted by atomic mass is 16.5. The van der Waals surface area contributed by atoms with Crippen molar-refractivity contribution >= 4 is 28.3 Å². The lowest BCUT2D eigenvalue weighted by Gasteiger charge is -2.18. The molecule has 1 aliphatic heterocycles. The first-order chi connectivity index (χ1) is 19.8. The van der Waals surface area contributed by atoms with Crippen molar-refractivity contribution in [3.05, 3.63) is 84.2 Å². The number of anilines is 1. The molecule has 0 saturated carbocycles. The summed E-state index contributed by atoms with van der Waals surface area (Å²) in [7, 11) is 0. The van der Waals surface area contributed by atoms with E-state index in [1.165, 1.54) is 6.33 Å². The molecule has 1 aliphatic rings. The highest BCUT2D eigenvalue weighted by molar-refractivity contribution is 5.82. The third-order valence-corrected chi connectivity index (χ3v) is 6.60. The maximum Gasteiger partial charge on any atom is 0.285 e. The number of hydrogen-bond donors (Lipinski definition) is 2. The molecule has 0 spiro atoms. The molecule has 1 saturated heterocycles. The lowest BCUT2D eigenvalue weighted by atomic mass is 10.1. The van der Waals surface area contributed by atoms with Gasteiger partial charge in [-0.15, -0.1) is 0 Å². The van der Waals surface area contributed by atoms with Gasteiger partial charge in [-0.25, -0.2) is 24.5 Å². The van der Waals surface area contributed by atoms with Crippen LogP contribution in [-0.2, 0) is 11.3 Å². The Hall–Kier alpha value is -4.73. The molecular weight excluding hydrogens is 516 g/mol. The minimum absolute atomic E-state index is 0.0563. The fraction of sp³-hybridized carbons (Fsp3) is 0.323. The molecule has 1 fully saturated rings. The van der Waals surface area contributed by atoms with Crippen LogP contribution >= 0.6 is 0 Å². The van der Waals surface area contributed by atoms with E-state index in [-0.39, 0.29) is 11.6 Å². The molecule has 0 amide bonds. The Balaban J connectivity index is 0.00000165. The summed E-state index contributed by atoms with van der Waals surface area (Å²) in [6, 6.07) is 16.5. The molecule has 10 heteroatoms. The SMILES string of the molecule is CC.Cc1cc(NC(C)c2ncnc3ccc(CN=C4NC(C)(C)CO4)cc23)ccc1Oc1ccn2ncnc2c1. The van der Waals surface area contributed by atoms with Gasteiger partial charge in [0.1, 0.15) is 30.8 Å². The highest BCUT2D eigenvalue weighted by Crippen LogP contribution is 2.30. The summed E-state index contributed by atoms with van der Waals surface area (Å²) in [5.74, 6) is 1.49. The fourth-order valence-electron chi connectivity index (χ4n) is 4.58. The molecule has 0 radical (unpaired) electrons. The van der Waals surface area contributed by atoms with E-state index < -0.39 is 0 Å². The van der Waals surface area contributed by atoms with Crippen molar-refractivity contribution in [1.29, 1.82) is 0 Å². The summed E-state index contributed by atoms with van der Waals surface area (Å²) < 4.78 is 13.5. The second kappa shape index (κ2) is 11.8. The lowest BCUT2D eigenvalue weighted by Crippen LogP contribution is -2.36. The monoisotopic (exact) mass is 552 g/mol.